The van der Waals surface area contributed by atoms with Gasteiger partial charge in [-0.15, -0.1) is 0 Å². The third kappa shape index (κ3) is 4.59. The predicted octanol–water partition coefficient (Wildman–Crippen LogP) is 3.65. The van der Waals surface area contributed by atoms with Crippen LogP contribution in [0.2, 0.25) is 0 Å². The Kier molecular flexibility index (Phi) is 5.20. The van der Waals surface area contributed by atoms with Crippen molar-refractivity contribution >= 4 is 5.97 Å². The minimum Gasteiger partial charge on any atom is -0.454 e. The van der Waals surface area contributed by atoms with Crippen LogP contribution >= 0.6 is 0 Å². The van der Waals surface area contributed by atoms with Gasteiger partial charge in [0.2, 0.25) is 0 Å². The van der Waals surface area contributed by atoms with Gasteiger partial charge in [0.15, 0.2) is 0 Å². The van der Waals surface area contributed by atoms with Crippen LogP contribution in [0.5, 0.6) is 0 Å². The Balaban J connectivity index is 2.69. The van der Waals surface area contributed by atoms with Gasteiger partial charge in [-0.2, -0.15) is 0 Å². The fourth-order valence-corrected chi connectivity index (χ4v) is 1.77. The van der Waals surface area contributed by atoms with E-state index >= 15 is 0 Å². The number of carbonyl (C=O) groups excluding carboxylic acids is 1. The molecular formula is C15H22O2. The summed E-state index contributed by atoms with van der Waals surface area (Å²) in [6.45, 7) is 8.51. The van der Waals surface area contributed by atoms with Crippen LogP contribution in [0.15, 0.2) is 36.0 Å². The lowest BCUT2D eigenvalue weighted by Crippen LogP contribution is -2.25. The standard InChI is InChI=1S/C15H22O2/c1-5-13(10-11(2)3)7-8-14-12(4)6-9-15(16)17-14/h6-12,14H,5H2,1-4H3. The van der Waals surface area contributed by atoms with Gasteiger partial charge in [-0.1, -0.05) is 51.5 Å². The van der Waals surface area contributed by atoms with E-state index in [4.69, 9.17) is 4.74 Å². The fraction of sp³-hybridized carbons (Fsp3) is 0.533. The SMILES string of the molecule is CCC(C=CC1OC(=O)C=CC1C)=CC(C)C. The van der Waals surface area contributed by atoms with E-state index in [2.05, 4.69) is 39.8 Å². The second-order valence-electron chi connectivity index (χ2n) is 4.82. The van der Waals surface area contributed by atoms with E-state index in [0.29, 0.717) is 5.92 Å². The number of ether oxygens (including phenoxy) is 1. The van der Waals surface area contributed by atoms with E-state index in [1.165, 1.54) is 11.6 Å². The summed E-state index contributed by atoms with van der Waals surface area (Å²) in [5.74, 6) is 0.547. The van der Waals surface area contributed by atoms with Gasteiger partial charge < -0.3 is 4.74 Å². The topological polar surface area (TPSA) is 26.3 Å². The Morgan fingerprint density at radius 2 is 2.24 bits per heavy atom. The molecule has 1 heterocycles. The van der Waals surface area contributed by atoms with Crippen molar-refractivity contribution in [2.24, 2.45) is 11.8 Å². The second-order valence-corrected chi connectivity index (χ2v) is 4.82. The summed E-state index contributed by atoms with van der Waals surface area (Å²) in [6.07, 6.45) is 10.6. The van der Waals surface area contributed by atoms with Gasteiger partial charge in [0.1, 0.15) is 6.10 Å². The number of allylic oxidation sites excluding steroid dienone is 3. The van der Waals surface area contributed by atoms with Crippen LogP contribution in [0.3, 0.4) is 0 Å². The van der Waals surface area contributed by atoms with Crippen molar-refractivity contribution in [3.05, 3.63) is 36.0 Å². The first-order valence-electron chi connectivity index (χ1n) is 6.30. The van der Waals surface area contributed by atoms with Crippen molar-refractivity contribution in [3.63, 3.8) is 0 Å². The molecular weight excluding hydrogens is 212 g/mol. The minimum atomic E-state index is -0.247. The Bertz CT molecular complexity index is 348. The average molecular weight is 234 g/mol. The van der Waals surface area contributed by atoms with Gasteiger partial charge in [0.25, 0.3) is 0 Å². The summed E-state index contributed by atoms with van der Waals surface area (Å²) < 4.78 is 5.26. The van der Waals surface area contributed by atoms with E-state index in [9.17, 15) is 4.79 Å². The molecule has 0 aromatic heterocycles. The highest BCUT2D eigenvalue weighted by molar-refractivity contribution is 5.83. The van der Waals surface area contributed by atoms with Crippen LogP contribution in [-0.2, 0) is 9.53 Å². The van der Waals surface area contributed by atoms with Crippen molar-refractivity contribution in [2.75, 3.05) is 0 Å². The van der Waals surface area contributed by atoms with Crippen LogP contribution in [0, 0.1) is 11.8 Å². The summed E-state index contributed by atoms with van der Waals surface area (Å²) in [5, 5.41) is 0. The second kappa shape index (κ2) is 6.43. The molecule has 0 saturated heterocycles. The van der Waals surface area contributed by atoms with E-state index in [1.807, 2.05) is 12.2 Å². The van der Waals surface area contributed by atoms with Gasteiger partial charge in [-0.25, -0.2) is 4.79 Å². The lowest BCUT2D eigenvalue weighted by Gasteiger charge is -2.21. The normalized spacial score (nSPS) is 25.7. The summed E-state index contributed by atoms with van der Waals surface area (Å²) >= 11 is 0. The molecule has 0 fully saturated rings. The van der Waals surface area contributed by atoms with Gasteiger partial charge in [0, 0.05) is 12.0 Å². The summed E-state index contributed by atoms with van der Waals surface area (Å²) in [6, 6.07) is 0. The average Bonchev–Trinajstić information content (AvgIpc) is 2.28. The number of carbonyl (C=O) groups is 1. The highest BCUT2D eigenvalue weighted by atomic mass is 16.5. The Labute approximate surface area is 104 Å². The minimum absolute atomic E-state index is 0.130. The molecule has 2 nitrogen and oxygen atoms in total. The van der Waals surface area contributed by atoms with Gasteiger partial charge in [0.05, 0.1) is 0 Å². The van der Waals surface area contributed by atoms with Crippen molar-refractivity contribution < 1.29 is 9.53 Å². The van der Waals surface area contributed by atoms with Crippen molar-refractivity contribution in [1.29, 1.82) is 0 Å². The first kappa shape index (κ1) is 13.8. The molecule has 0 spiro atoms. The molecule has 0 bridgehead atoms. The van der Waals surface area contributed by atoms with Crippen molar-refractivity contribution in [2.45, 2.75) is 40.2 Å². The van der Waals surface area contributed by atoms with Crippen molar-refractivity contribution in [1.82, 2.24) is 0 Å². The molecule has 2 atom stereocenters. The molecule has 0 aliphatic carbocycles. The molecule has 0 aromatic rings. The number of cyclic esters (lactones) is 1. The number of hydrogen-bond donors (Lipinski definition) is 0. The largest absolute Gasteiger partial charge is 0.454 e. The molecule has 1 rings (SSSR count). The molecule has 0 radical (unpaired) electrons. The molecule has 1 aliphatic rings. The molecule has 1 aliphatic heterocycles. The van der Waals surface area contributed by atoms with Crippen LogP contribution in [0.25, 0.3) is 0 Å². The van der Waals surface area contributed by atoms with E-state index in [-0.39, 0.29) is 18.0 Å². The zero-order valence-electron chi connectivity index (χ0n) is 11.1. The van der Waals surface area contributed by atoms with Crippen LogP contribution in [-0.4, -0.2) is 12.1 Å². The number of rotatable bonds is 4. The number of esters is 1. The zero-order valence-corrected chi connectivity index (χ0v) is 11.1. The van der Waals surface area contributed by atoms with Crippen LogP contribution in [0.1, 0.15) is 34.1 Å². The Morgan fingerprint density at radius 3 is 2.82 bits per heavy atom. The number of hydrogen-bond acceptors (Lipinski definition) is 2. The lowest BCUT2D eigenvalue weighted by molar-refractivity contribution is -0.143. The maximum Gasteiger partial charge on any atom is 0.331 e. The summed E-state index contributed by atoms with van der Waals surface area (Å²) in [4.78, 5) is 11.2. The maximum atomic E-state index is 11.2. The Morgan fingerprint density at radius 1 is 1.53 bits per heavy atom. The van der Waals surface area contributed by atoms with Crippen LogP contribution in [0.4, 0.5) is 0 Å². The third-order valence-corrected chi connectivity index (χ3v) is 2.76. The summed E-state index contributed by atoms with van der Waals surface area (Å²) in [7, 11) is 0. The molecule has 0 amide bonds. The molecule has 94 valence electrons. The highest BCUT2D eigenvalue weighted by Crippen LogP contribution is 2.18. The molecule has 0 N–H and O–H groups in total. The first-order chi connectivity index (χ1) is 8.02. The fourth-order valence-electron chi connectivity index (χ4n) is 1.77. The molecule has 0 saturated carbocycles. The molecule has 2 unspecified atom stereocenters. The van der Waals surface area contributed by atoms with Crippen LogP contribution < -0.4 is 0 Å². The Hall–Kier alpha value is -1.31. The molecule has 0 aromatic carbocycles. The van der Waals surface area contributed by atoms with Gasteiger partial charge in [-0.3, -0.25) is 0 Å². The van der Waals surface area contributed by atoms with Gasteiger partial charge in [-0.05, 0) is 18.4 Å². The predicted molar refractivity (Wildman–Crippen MR) is 70.5 cm³/mol. The molecule has 2 heteroatoms. The van der Waals surface area contributed by atoms with E-state index in [0.717, 1.165) is 6.42 Å². The first-order valence-corrected chi connectivity index (χ1v) is 6.30. The lowest BCUT2D eigenvalue weighted by atomic mass is 9.99. The maximum absolute atomic E-state index is 11.2. The zero-order chi connectivity index (χ0) is 12.8. The van der Waals surface area contributed by atoms with Gasteiger partial charge >= 0.3 is 5.97 Å². The van der Waals surface area contributed by atoms with Crippen molar-refractivity contribution in [3.8, 4) is 0 Å². The summed E-state index contributed by atoms with van der Waals surface area (Å²) in [5.41, 5.74) is 1.29. The van der Waals surface area contributed by atoms with E-state index < -0.39 is 0 Å². The molecule has 17 heavy (non-hydrogen) atoms. The third-order valence-electron chi connectivity index (χ3n) is 2.76. The monoisotopic (exact) mass is 234 g/mol. The quantitative estimate of drug-likeness (QED) is 0.548. The highest BCUT2D eigenvalue weighted by Gasteiger charge is 2.20. The smallest absolute Gasteiger partial charge is 0.331 e. The van der Waals surface area contributed by atoms with E-state index in [1.54, 1.807) is 0 Å².